The fourth-order valence-electron chi connectivity index (χ4n) is 2.00. The van der Waals surface area contributed by atoms with E-state index in [1.807, 2.05) is 33.0 Å². The number of likely N-dealkylation sites (N-methyl/N-ethyl adjacent to an activating group) is 1. The van der Waals surface area contributed by atoms with Gasteiger partial charge in [-0.15, -0.1) is 0 Å². The number of nitrogens with two attached hydrogens (primary N) is 1. The Morgan fingerprint density at radius 1 is 1.29 bits per heavy atom. The van der Waals surface area contributed by atoms with Crippen LogP contribution in [-0.4, -0.2) is 33.9 Å². The lowest BCUT2D eigenvalue weighted by atomic mass is 10.1. The zero-order valence-corrected chi connectivity index (χ0v) is 11.3. The maximum absolute atomic E-state index is 5.82. The average molecular weight is 238 g/mol. The molecule has 0 aliphatic rings. The van der Waals surface area contributed by atoms with E-state index in [9.17, 15) is 0 Å². The van der Waals surface area contributed by atoms with Crippen molar-refractivity contribution in [2.45, 2.75) is 19.9 Å². The van der Waals surface area contributed by atoms with Gasteiger partial charge in [0.15, 0.2) is 0 Å². The first-order valence-electron chi connectivity index (χ1n) is 5.69. The van der Waals surface area contributed by atoms with Gasteiger partial charge in [-0.05, 0) is 25.5 Å². The summed E-state index contributed by atoms with van der Waals surface area (Å²) >= 11 is 0. The molecule has 0 aromatic heterocycles. The number of ether oxygens (including phenoxy) is 2. The zero-order valence-electron chi connectivity index (χ0n) is 11.3. The summed E-state index contributed by atoms with van der Waals surface area (Å²) in [5.41, 5.74) is 8.00. The van der Waals surface area contributed by atoms with Crippen molar-refractivity contribution in [1.82, 2.24) is 0 Å². The van der Waals surface area contributed by atoms with E-state index in [0.717, 1.165) is 29.3 Å². The monoisotopic (exact) mass is 238 g/mol. The third kappa shape index (κ3) is 3.27. The molecule has 96 valence electrons. The van der Waals surface area contributed by atoms with E-state index in [0.29, 0.717) is 0 Å². The van der Waals surface area contributed by atoms with E-state index in [2.05, 4.69) is 4.90 Å². The normalized spacial score (nSPS) is 12.1. The second kappa shape index (κ2) is 5.77. The number of hydrogen-bond donors (Lipinski definition) is 1. The molecule has 17 heavy (non-hydrogen) atoms. The van der Waals surface area contributed by atoms with E-state index in [1.54, 1.807) is 14.2 Å². The molecule has 0 heterocycles. The van der Waals surface area contributed by atoms with Crippen molar-refractivity contribution in [2.75, 3.05) is 32.7 Å². The van der Waals surface area contributed by atoms with E-state index in [-0.39, 0.29) is 6.04 Å². The standard InChI is InChI=1S/C13H22N2O2/c1-9-6-11(16-4)7-12(17-5)13(9)15(3)8-10(2)14/h6-7,10H,8,14H2,1-5H3. The summed E-state index contributed by atoms with van der Waals surface area (Å²) in [5.74, 6) is 1.61. The Bertz CT molecular complexity index is 378. The summed E-state index contributed by atoms with van der Waals surface area (Å²) in [6, 6.07) is 4.00. The van der Waals surface area contributed by atoms with Gasteiger partial charge in [-0.1, -0.05) is 0 Å². The molecule has 0 saturated carbocycles. The summed E-state index contributed by atoms with van der Waals surface area (Å²) in [5, 5.41) is 0. The predicted octanol–water partition coefficient (Wildman–Crippen LogP) is 1.80. The van der Waals surface area contributed by atoms with Gasteiger partial charge in [-0.25, -0.2) is 0 Å². The quantitative estimate of drug-likeness (QED) is 0.849. The van der Waals surface area contributed by atoms with Gasteiger partial charge in [-0.3, -0.25) is 0 Å². The number of aryl methyl sites for hydroxylation is 1. The summed E-state index contributed by atoms with van der Waals surface area (Å²) in [6.45, 7) is 4.81. The number of anilines is 1. The molecule has 0 radical (unpaired) electrons. The van der Waals surface area contributed by atoms with Crippen LogP contribution in [0.2, 0.25) is 0 Å². The summed E-state index contributed by atoms with van der Waals surface area (Å²) in [6.07, 6.45) is 0. The Morgan fingerprint density at radius 2 is 1.94 bits per heavy atom. The van der Waals surface area contributed by atoms with Crippen LogP contribution >= 0.6 is 0 Å². The minimum Gasteiger partial charge on any atom is -0.497 e. The van der Waals surface area contributed by atoms with Gasteiger partial charge in [0.05, 0.1) is 19.9 Å². The lowest BCUT2D eigenvalue weighted by Crippen LogP contribution is -2.33. The van der Waals surface area contributed by atoms with Crippen LogP contribution in [-0.2, 0) is 0 Å². The van der Waals surface area contributed by atoms with Crippen LogP contribution in [0.5, 0.6) is 11.5 Å². The molecule has 0 fully saturated rings. The third-order valence-electron chi connectivity index (χ3n) is 2.64. The van der Waals surface area contributed by atoms with Crippen LogP contribution in [0, 0.1) is 6.92 Å². The first kappa shape index (κ1) is 13.6. The highest BCUT2D eigenvalue weighted by molar-refractivity contribution is 5.65. The molecule has 0 saturated heterocycles. The molecule has 2 N–H and O–H groups in total. The largest absolute Gasteiger partial charge is 0.497 e. The van der Waals surface area contributed by atoms with Crippen molar-refractivity contribution in [3.05, 3.63) is 17.7 Å². The Balaban J connectivity index is 3.13. The van der Waals surface area contributed by atoms with Crippen molar-refractivity contribution in [3.8, 4) is 11.5 Å². The highest BCUT2D eigenvalue weighted by Crippen LogP contribution is 2.35. The summed E-state index contributed by atoms with van der Waals surface area (Å²) in [4.78, 5) is 2.11. The molecule has 4 nitrogen and oxygen atoms in total. The average Bonchev–Trinajstić information content (AvgIpc) is 2.26. The molecule has 4 heteroatoms. The van der Waals surface area contributed by atoms with E-state index < -0.39 is 0 Å². The maximum Gasteiger partial charge on any atom is 0.146 e. The van der Waals surface area contributed by atoms with Gasteiger partial charge in [0, 0.05) is 25.7 Å². The molecular weight excluding hydrogens is 216 g/mol. The van der Waals surface area contributed by atoms with Gasteiger partial charge in [0.1, 0.15) is 11.5 Å². The first-order valence-corrected chi connectivity index (χ1v) is 5.69. The minimum atomic E-state index is 0.117. The molecule has 1 atom stereocenters. The Hall–Kier alpha value is -1.42. The summed E-state index contributed by atoms with van der Waals surface area (Å²) in [7, 11) is 5.33. The van der Waals surface area contributed by atoms with Crippen molar-refractivity contribution in [1.29, 1.82) is 0 Å². The molecule has 1 aromatic rings. The SMILES string of the molecule is COc1cc(C)c(N(C)CC(C)N)c(OC)c1. The van der Waals surface area contributed by atoms with Crippen molar-refractivity contribution in [3.63, 3.8) is 0 Å². The van der Waals surface area contributed by atoms with Gasteiger partial charge in [0.25, 0.3) is 0 Å². The van der Waals surface area contributed by atoms with Crippen molar-refractivity contribution < 1.29 is 9.47 Å². The second-order valence-corrected chi connectivity index (χ2v) is 4.35. The van der Waals surface area contributed by atoms with Gasteiger partial charge >= 0.3 is 0 Å². The lowest BCUT2D eigenvalue weighted by molar-refractivity contribution is 0.394. The molecule has 0 amide bonds. The van der Waals surface area contributed by atoms with Crippen LogP contribution in [0.15, 0.2) is 12.1 Å². The molecule has 0 bridgehead atoms. The smallest absolute Gasteiger partial charge is 0.146 e. The molecule has 1 rings (SSSR count). The van der Waals surface area contributed by atoms with Crippen LogP contribution in [0.3, 0.4) is 0 Å². The Morgan fingerprint density at radius 3 is 2.41 bits per heavy atom. The number of hydrogen-bond acceptors (Lipinski definition) is 4. The van der Waals surface area contributed by atoms with Crippen LogP contribution in [0.25, 0.3) is 0 Å². The number of rotatable bonds is 5. The molecule has 0 aliphatic heterocycles. The van der Waals surface area contributed by atoms with Crippen molar-refractivity contribution >= 4 is 5.69 Å². The van der Waals surface area contributed by atoms with Crippen LogP contribution in [0.1, 0.15) is 12.5 Å². The fourth-order valence-corrected chi connectivity index (χ4v) is 2.00. The van der Waals surface area contributed by atoms with Crippen LogP contribution < -0.4 is 20.1 Å². The molecule has 1 unspecified atom stereocenters. The summed E-state index contributed by atoms with van der Waals surface area (Å²) < 4.78 is 10.6. The van der Waals surface area contributed by atoms with Crippen molar-refractivity contribution in [2.24, 2.45) is 5.73 Å². The fraction of sp³-hybridized carbons (Fsp3) is 0.538. The van der Waals surface area contributed by atoms with Gasteiger partial charge in [-0.2, -0.15) is 0 Å². The topological polar surface area (TPSA) is 47.7 Å². The van der Waals surface area contributed by atoms with Gasteiger partial charge in [0.2, 0.25) is 0 Å². The lowest BCUT2D eigenvalue weighted by Gasteiger charge is -2.25. The predicted molar refractivity (Wildman–Crippen MR) is 71.2 cm³/mol. The third-order valence-corrected chi connectivity index (χ3v) is 2.64. The number of nitrogens with zero attached hydrogens (tertiary/aromatic N) is 1. The number of benzene rings is 1. The Kier molecular flexibility index (Phi) is 4.63. The molecule has 1 aromatic carbocycles. The van der Waals surface area contributed by atoms with Gasteiger partial charge < -0.3 is 20.1 Å². The first-order chi connectivity index (χ1) is 7.99. The van der Waals surface area contributed by atoms with E-state index in [1.165, 1.54) is 0 Å². The highest BCUT2D eigenvalue weighted by atomic mass is 16.5. The van der Waals surface area contributed by atoms with E-state index in [4.69, 9.17) is 15.2 Å². The van der Waals surface area contributed by atoms with Crippen LogP contribution in [0.4, 0.5) is 5.69 Å². The number of methoxy groups -OCH3 is 2. The molecular formula is C13H22N2O2. The highest BCUT2D eigenvalue weighted by Gasteiger charge is 2.14. The molecule has 0 aliphatic carbocycles. The second-order valence-electron chi connectivity index (χ2n) is 4.35. The maximum atomic E-state index is 5.82. The zero-order chi connectivity index (χ0) is 13.0. The minimum absolute atomic E-state index is 0.117. The Labute approximate surface area is 103 Å². The molecule has 0 spiro atoms. The van der Waals surface area contributed by atoms with E-state index >= 15 is 0 Å².